The summed E-state index contributed by atoms with van der Waals surface area (Å²) < 4.78 is 49.6. The number of nitrogens with zero attached hydrogens (tertiary/aromatic N) is 3. The molecule has 1 aliphatic heterocycles. The Morgan fingerprint density at radius 3 is 2.62 bits per heavy atom. The van der Waals surface area contributed by atoms with Gasteiger partial charge in [0.2, 0.25) is 11.7 Å². The quantitative estimate of drug-likeness (QED) is 0.614. The number of carbonyl (C=O) groups excluding carboxylic acids is 1. The number of Topliss-reactive ketones (excluding diaryl/α,β-unsaturated/α-hetero) is 1. The standard InChI is InChI=1S/C14H10F3N3O4/c1-23-10-3-2-7(5-18-10)20-11(21)4-8(14(15,16)17)12(19-20)13(22)9-6-24-9/h2-5,9H,6H2,1H3/t9-/m1/s1. The summed E-state index contributed by atoms with van der Waals surface area (Å²) in [5, 5.41) is 3.60. The third kappa shape index (κ3) is 3.00. The minimum absolute atomic E-state index is 0.0288. The first-order valence-electron chi connectivity index (χ1n) is 6.69. The number of ketones is 1. The highest BCUT2D eigenvalue weighted by molar-refractivity contribution is 6.00. The maximum atomic E-state index is 13.1. The first kappa shape index (κ1) is 16.1. The van der Waals surface area contributed by atoms with Crippen LogP contribution in [0.4, 0.5) is 13.2 Å². The van der Waals surface area contributed by atoms with Gasteiger partial charge in [-0.1, -0.05) is 0 Å². The number of hydrogen-bond donors (Lipinski definition) is 0. The average molecular weight is 341 g/mol. The monoisotopic (exact) mass is 341 g/mol. The van der Waals surface area contributed by atoms with Gasteiger partial charge in [0.25, 0.3) is 5.56 Å². The normalized spacial score (nSPS) is 16.8. The molecule has 24 heavy (non-hydrogen) atoms. The van der Waals surface area contributed by atoms with Crippen LogP contribution in [-0.2, 0) is 10.9 Å². The molecule has 0 aliphatic carbocycles. The van der Waals surface area contributed by atoms with Gasteiger partial charge >= 0.3 is 6.18 Å². The summed E-state index contributed by atoms with van der Waals surface area (Å²) in [6.07, 6.45) is -4.65. The van der Waals surface area contributed by atoms with Crippen LogP contribution in [0.3, 0.4) is 0 Å². The summed E-state index contributed by atoms with van der Waals surface area (Å²) in [6.45, 7) is 0.0288. The number of epoxide rings is 1. The summed E-state index contributed by atoms with van der Waals surface area (Å²) in [5.41, 5.74) is -3.19. The molecule has 0 bridgehead atoms. The molecule has 1 saturated heterocycles. The van der Waals surface area contributed by atoms with E-state index < -0.39 is 34.9 Å². The van der Waals surface area contributed by atoms with Gasteiger partial charge in [0.05, 0.1) is 31.2 Å². The van der Waals surface area contributed by atoms with Crippen LogP contribution in [-0.4, -0.2) is 40.4 Å². The van der Waals surface area contributed by atoms with E-state index in [0.29, 0.717) is 10.7 Å². The van der Waals surface area contributed by atoms with Gasteiger partial charge in [-0.05, 0) is 6.07 Å². The topological polar surface area (TPSA) is 86.6 Å². The highest BCUT2D eigenvalue weighted by Gasteiger charge is 2.42. The van der Waals surface area contributed by atoms with Crippen molar-refractivity contribution < 1.29 is 27.4 Å². The zero-order valence-corrected chi connectivity index (χ0v) is 12.2. The fraction of sp³-hybridized carbons (Fsp3) is 0.286. The molecular weight excluding hydrogens is 331 g/mol. The third-order valence-electron chi connectivity index (χ3n) is 3.27. The van der Waals surface area contributed by atoms with E-state index in [1.54, 1.807) is 0 Å². The molecule has 3 heterocycles. The molecule has 0 aromatic carbocycles. The second kappa shape index (κ2) is 5.71. The predicted molar refractivity (Wildman–Crippen MR) is 73.3 cm³/mol. The van der Waals surface area contributed by atoms with Crippen LogP contribution in [0.1, 0.15) is 16.1 Å². The molecule has 1 aliphatic rings. The fourth-order valence-electron chi connectivity index (χ4n) is 2.01. The van der Waals surface area contributed by atoms with Crippen LogP contribution in [0, 0.1) is 0 Å². The molecule has 10 heteroatoms. The number of carbonyl (C=O) groups is 1. The van der Waals surface area contributed by atoms with Crippen LogP contribution < -0.4 is 10.3 Å². The number of alkyl halides is 3. The molecule has 1 fully saturated rings. The Morgan fingerprint density at radius 1 is 1.42 bits per heavy atom. The van der Waals surface area contributed by atoms with Crippen molar-refractivity contribution in [2.45, 2.75) is 12.3 Å². The molecule has 0 amide bonds. The van der Waals surface area contributed by atoms with Crippen LogP contribution in [0.5, 0.6) is 5.88 Å². The zero-order chi connectivity index (χ0) is 17.5. The van der Waals surface area contributed by atoms with Gasteiger partial charge in [-0.2, -0.15) is 23.0 Å². The lowest BCUT2D eigenvalue weighted by Crippen LogP contribution is -2.29. The Kier molecular flexibility index (Phi) is 3.84. The van der Waals surface area contributed by atoms with Gasteiger partial charge in [0, 0.05) is 12.1 Å². The number of hydrogen-bond acceptors (Lipinski definition) is 6. The molecule has 0 saturated carbocycles. The molecule has 2 aromatic heterocycles. The molecule has 0 N–H and O–H groups in total. The Balaban J connectivity index is 2.15. The van der Waals surface area contributed by atoms with Gasteiger partial charge in [0.1, 0.15) is 11.8 Å². The largest absolute Gasteiger partial charge is 0.481 e. The lowest BCUT2D eigenvalue weighted by molar-refractivity contribution is -0.138. The lowest BCUT2D eigenvalue weighted by Gasteiger charge is -2.13. The van der Waals surface area contributed by atoms with E-state index in [0.717, 1.165) is 0 Å². The number of ether oxygens (including phenoxy) is 2. The molecule has 0 radical (unpaired) electrons. The van der Waals surface area contributed by atoms with Crippen molar-refractivity contribution in [1.29, 1.82) is 0 Å². The Labute approximate surface area is 132 Å². The van der Waals surface area contributed by atoms with E-state index in [-0.39, 0.29) is 18.2 Å². The summed E-state index contributed by atoms with van der Waals surface area (Å²) in [4.78, 5) is 27.9. The first-order valence-corrected chi connectivity index (χ1v) is 6.69. The van der Waals surface area contributed by atoms with Crippen molar-refractivity contribution in [2.75, 3.05) is 13.7 Å². The molecule has 3 rings (SSSR count). The number of rotatable bonds is 4. The van der Waals surface area contributed by atoms with Crippen molar-refractivity contribution >= 4 is 5.78 Å². The zero-order valence-electron chi connectivity index (χ0n) is 12.2. The second-order valence-corrected chi connectivity index (χ2v) is 4.90. The van der Waals surface area contributed by atoms with E-state index >= 15 is 0 Å². The molecular formula is C14H10F3N3O4. The van der Waals surface area contributed by atoms with Gasteiger partial charge in [0.15, 0.2) is 0 Å². The second-order valence-electron chi connectivity index (χ2n) is 4.90. The van der Waals surface area contributed by atoms with Gasteiger partial charge < -0.3 is 9.47 Å². The van der Waals surface area contributed by atoms with Crippen LogP contribution in [0.25, 0.3) is 5.69 Å². The highest BCUT2D eigenvalue weighted by atomic mass is 19.4. The summed E-state index contributed by atoms with van der Waals surface area (Å²) in [6, 6.07) is 3.13. The molecule has 0 unspecified atom stereocenters. The van der Waals surface area contributed by atoms with Crippen molar-refractivity contribution in [3.8, 4) is 11.6 Å². The number of methoxy groups -OCH3 is 1. The minimum Gasteiger partial charge on any atom is -0.481 e. The fourth-order valence-corrected chi connectivity index (χ4v) is 2.01. The summed E-state index contributed by atoms with van der Waals surface area (Å²) >= 11 is 0. The number of halogens is 3. The maximum Gasteiger partial charge on any atom is 0.418 e. The van der Waals surface area contributed by atoms with Crippen molar-refractivity contribution in [3.63, 3.8) is 0 Å². The predicted octanol–water partition coefficient (Wildman–Crippen LogP) is 1.24. The van der Waals surface area contributed by atoms with Crippen molar-refractivity contribution in [2.24, 2.45) is 0 Å². The first-order chi connectivity index (χ1) is 11.3. The lowest BCUT2D eigenvalue weighted by atomic mass is 10.1. The molecule has 7 nitrogen and oxygen atoms in total. The maximum absolute atomic E-state index is 13.1. The molecule has 0 spiro atoms. The van der Waals surface area contributed by atoms with Crippen LogP contribution >= 0.6 is 0 Å². The molecule has 2 aromatic rings. The van der Waals surface area contributed by atoms with Crippen molar-refractivity contribution in [3.05, 3.63) is 46.0 Å². The average Bonchev–Trinajstić information content (AvgIpc) is 3.38. The Hall–Kier alpha value is -2.75. The summed E-state index contributed by atoms with van der Waals surface area (Å²) in [7, 11) is 1.39. The van der Waals surface area contributed by atoms with E-state index in [2.05, 4.69) is 10.1 Å². The number of aromatic nitrogens is 3. The Bertz CT molecular complexity index is 842. The number of pyridine rings is 1. The third-order valence-corrected chi connectivity index (χ3v) is 3.27. The van der Waals surface area contributed by atoms with E-state index in [4.69, 9.17) is 9.47 Å². The van der Waals surface area contributed by atoms with Crippen LogP contribution in [0.15, 0.2) is 29.2 Å². The highest BCUT2D eigenvalue weighted by Crippen LogP contribution is 2.32. The SMILES string of the molecule is COc1ccc(-n2nc(C(=O)[C@H]3CO3)c(C(F)(F)F)cc2=O)cn1. The van der Waals surface area contributed by atoms with Gasteiger partial charge in [-0.3, -0.25) is 9.59 Å². The Morgan fingerprint density at radius 2 is 2.12 bits per heavy atom. The minimum atomic E-state index is -4.89. The van der Waals surface area contributed by atoms with E-state index in [1.165, 1.54) is 25.4 Å². The van der Waals surface area contributed by atoms with Crippen LogP contribution in [0.2, 0.25) is 0 Å². The van der Waals surface area contributed by atoms with Gasteiger partial charge in [-0.15, -0.1) is 0 Å². The van der Waals surface area contributed by atoms with E-state index in [9.17, 15) is 22.8 Å². The van der Waals surface area contributed by atoms with Gasteiger partial charge in [-0.25, -0.2) is 4.98 Å². The molecule has 1 atom stereocenters. The van der Waals surface area contributed by atoms with E-state index in [1.807, 2.05) is 0 Å². The molecule has 126 valence electrons. The summed E-state index contributed by atoms with van der Waals surface area (Å²) in [5.74, 6) is -0.668. The smallest absolute Gasteiger partial charge is 0.418 e. The van der Waals surface area contributed by atoms with Crippen molar-refractivity contribution in [1.82, 2.24) is 14.8 Å².